The van der Waals surface area contributed by atoms with Gasteiger partial charge in [0.15, 0.2) is 0 Å². The monoisotopic (exact) mass is 485 g/mol. The molecule has 0 radical (unpaired) electrons. The molecule has 1 heterocycles. The molecule has 9 heteroatoms. The van der Waals surface area contributed by atoms with E-state index < -0.39 is 12.0 Å². The normalized spacial score (nSPS) is 15.2. The quantitative estimate of drug-likeness (QED) is 0.220. The number of carboxylic acids is 1. The summed E-state index contributed by atoms with van der Waals surface area (Å²) in [7, 11) is 0. The molecule has 36 heavy (non-hydrogen) atoms. The first-order valence-corrected chi connectivity index (χ1v) is 11.5. The number of anilines is 2. The lowest BCUT2D eigenvalue weighted by Gasteiger charge is -2.24. The van der Waals surface area contributed by atoms with Crippen LogP contribution in [0.5, 0.6) is 0 Å². The van der Waals surface area contributed by atoms with Gasteiger partial charge >= 0.3 is 5.97 Å². The average molecular weight is 486 g/mol. The summed E-state index contributed by atoms with van der Waals surface area (Å²) in [5.41, 5.74) is 3.55. The number of hydrazone groups is 1. The number of amides is 2. The van der Waals surface area contributed by atoms with Gasteiger partial charge in [-0.05, 0) is 47.9 Å². The average Bonchev–Trinajstić information content (AvgIpc) is 2.99. The molecule has 0 aromatic heterocycles. The number of rotatable bonds is 8. The minimum absolute atomic E-state index is 0.166. The zero-order valence-electron chi connectivity index (χ0n) is 19.6. The zero-order valence-corrected chi connectivity index (χ0v) is 19.6. The van der Waals surface area contributed by atoms with Crippen LogP contribution in [0.15, 0.2) is 77.9 Å². The Kier molecular flexibility index (Phi) is 7.60. The fourth-order valence-corrected chi connectivity index (χ4v) is 4.19. The van der Waals surface area contributed by atoms with Crippen molar-refractivity contribution in [2.45, 2.75) is 18.9 Å². The van der Waals surface area contributed by atoms with E-state index in [0.717, 1.165) is 11.1 Å². The number of nitrogens with one attached hydrogen (secondary N) is 2. The van der Waals surface area contributed by atoms with Crippen molar-refractivity contribution in [3.05, 3.63) is 95.1 Å². The smallest absolute Gasteiger partial charge is 0.305 e. The molecule has 5 N–H and O–H groups in total. The summed E-state index contributed by atoms with van der Waals surface area (Å²) in [6, 6.07) is 21.1. The van der Waals surface area contributed by atoms with Crippen molar-refractivity contribution < 1.29 is 19.5 Å². The van der Waals surface area contributed by atoms with Crippen LogP contribution in [0.2, 0.25) is 0 Å². The number of carbonyl (C=O) groups excluding carboxylic acids is 2. The molecule has 0 aliphatic carbocycles. The molecule has 3 aromatic rings. The Bertz CT molecular complexity index is 1290. The van der Waals surface area contributed by atoms with Crippen LogP contribution in [0.3, 0.4) is 0 Å². The Balaban J connectivity index is 1.56. The first-order chi connectivity index (χ1) is 17.4. The highest BCUT2D eigenvalue weighted by molar-refractivity contribution is 6.07. The predicted molar refractivity (Wildman–Crippen MR) is 138 cm³/mol. The van der Waals surface area contributed by atoms with E-state index in [1.165, 1.54) is 6.21 Å². The molecule has 0 bridgehead atoms. The predicted octanol–water partition coefficient (Wildman–Crippen LogP) is 3.19. The maximum absolute atomic E-state index is 13.4. The number of aliphatic carboxylic acids is 1. The van der Waals surface area contributed by atoms with E-state index in [1.54, 1.807) is 47.4 Å². The number of nitrogens with two attached hydrogens (primary N) is 1. The summed E-state index contributed by atoms with van der Waals surface area (Å²) in [6.07, 6.45) is 1.95. The zero-order chi connectivity index (χ0) is 25.5. The number of nitrogens with zero attached hydrogens (tertiary/aromatic N) is 2. The Morgan fingerprint density at radius 2 is 1.92 bits per heavy atom. The molecule has 9 nitrogen and oxygen atoms in total. The van der Waals surface area contributed by atoms with Crippen LogP contribution in [-0.4, -0.2) is 53.1 Å². The van der Waals surface area contributed by atoms with Crippen LogP contribution in [-0.2, 0) is 11.2 Å². The maximum atomic E-state index is 13.4. The van der Waals surface area contributed by atoms with Gasteiger partial charge in [0.1, 0.15) is 0 Å². The molecule has 2 amide bonds. The van der Waals surface area contributed by atoms with Gasteiger partial charge < -0.3 is 26.5 Å². The van der Waals surface area contributed by atoms with Gasteiger partial charge in [-0.15, -0.1) is 0 Å². The van der Waals surface area contributed by atoms with Gasteiger partial charge in [0.2, 0.25) is 0 Å². The summed E-state index contributed by atoms with van der Waals surface area (Å²) < 4.78 is 0. The highest BCUT2D eigenvalue weighted by atomic mass is 16.4. The molecule has 0 fully saturated rings. The number of carbonyl (C=O) groups is 3. The molecule has 1 atom stereocenters. The van der Waals surface area contributed by atoms with Gasteiger partial charge in [-0.1, -0.05) is 42.5 Å². The SMILES string of the molecule is NN=Cc1cccc(NC(=O)c2ccc3c(c2)NC(CC(=O)O)CN(CCc2ccccc2)C3=O)c1. The third-order valence-electron chi connectivity index (χ3n) is 5.90. The summed E-state index contributed by atoms with van der Waals surface area (Å²) >= 11 is 0. The van der Waals surface area contributed by atoms with Gasteiger partial charge in [0.25, 0.3) is 11.8 Å². The first-order valence-electron chi connectivity index (χ1n) is 11.5. The second-order valence-electron chi connectivity index (χ2n) is 8.54. The van der Waals surface area contributed by atoms with Crippen molar-refractivity contribution in [2.75, 3.05) is 23.7 Å². The van der Waals surface area contributed by atoms with Crippen LogP contribution in [0, 0.1) is 0 Å². The Morgan fingerprint density at radius 1 is 1.11 bits per heavy atom. The second kappa shape index (κ2) is 11.2. The topological polar surface area (TPSA) is 137 Å². The number of fused-ring (bicyclic) bond motifs is 1. The second-order valence-corrected chi connectivity index (χ2v) is 8.54. The van der Waals surface area contributed by atoms with Crippen molar-refractivity contribution in [3.63, 3.8) is 0 Å². The van der Waals surface area contributed by atoms with Crippen molar-refractivity contribution in [2.24, 2.45) is 10.9 Å². The summed E-state index contributed by atoms with van der Waals surface area (Å²) in [5.74, 6) is 3.65. The van der Waals surface area contributed by atoms with Crippen LogP contribution in [0.1, 0.15) is 38.3 Å². The lowest BCUT2D eigenvalue weighted by molar-refractivity contribution is -0.137. The fraction of sp³-hybridized carbons (Fsp3) is 0.185. The molecule has 184 valence electrons. The molecule has 1 aliphatic heterocycles. The first kappa shape index (κ1) is 24.5. The highest BCUT2D eigenvalue weighted by Gasteiger charge is 2.29. The van der Waals surface area contributed by atoms with E-state index >= 15 is 0 Å². The van der Waals surface area contributed by atoms with E-state index in [4.69, 9.17) is 5.84 Å². The van der Waals surface area contributed by atoms with Crippen LogP contribution in [0.25, 0.3) is 0 Å². The number of hydrogen-bond acceptors (Lipinski definition) is 6. The van der Waals surface area contributed by atoms with Gasteiger partial charge in [-0.3, -0.25) is 14.4 Å². The van der Waals surface area contributed by atoms with E-state index in [9.17, 15) is 19.5 Å². The molecule has 0 saturated carbocycles. The van der Waals surface area contributed by atoms with E-state index in [1.807, 2.05) is 30.3 Å². The molecule has 1 aliphatic rings. The molecular formula is C27H27N5O4. The van der Waals surface area contributed by atoms with Gasteiger partial charge in [-0.2, -0.15) is 5.10 Å². The highest BCUT2D eigenvalue weighted by Crippen LogP contribution is 2.26. The molecule has 0 saturated heterocycles. The molecule has 3 aromatic carbocycles. The van der Waals surface area contributed by atoms with Crippen LogP contribution >= 0.6 is 0 Å². The summed E-state index contributed by atoms with van der Waals surface area (Å²) in [5, 5.41) is 18.9. The summed E-state index contributed by atoms with van der Waals surface area (Å²) in [6.45, 7) is 0.689. The molecular weight excluding hydrogens is 458 g/mol. The van der Waals surface area contributed by atoms with E-state index in [-0.39, 0.29) is 24.8 Å². The molecule has 4 rings (SSSR count). The molecule has 0 spiro atoms. The van der Waals surface area contributed by atoms with Crippen molar-refractivity contribution in [1.82, 2.24) is 4.90 Å². The van der Waals surface area contributed by atoms with Crippen molar-refractivity contribution in [3.8, 4) is 0 Å². The van der Waals surface area contributed by atoms with Crippen molar-refractivity contribution >= 4 is 35.4 Å². The van der Waals surface area contributed by atoms with Crippen LogP contribution in [0.4, 0.5) is 11.4 Å². The minimum Gasteiger partial charge on any atom is -0.481 e. The fourth-order valence-electron chi connectivity index (χ4n) is 4.19. The lowest BCUT2D eigenvalue weighted by Crippen LogP contribution is -2.39. The third-order valence-corrected chi connectivity index (χ3v) is 5.90. The number of benzene rings is 3. The summed E-state index contributed by atoms with van der Waals surface area (Å²) in [4.78, 5) is 39.5. The lowest BCUT2D eigenvalue weighted by atomic mass is 10.1. The van der Waals surface area contributed by atoms with Crippen molar-refractivity contribution in [1.29, 1.82) is 0 Å². The Labute approximate surface area is 208 Å². The van der Waals surface area contributed by atoms with E-state index in [0.29, 0.717) is 35.5 Å². The number of carboxylic acid groups (broad SMARTS) is 1. The van der Waals surface area contributed by atoms with Gasteiger partial charge in [0.05, 0.1) is 24.2 Å². The Morgan fingerprint density at radius 3 is 2.67 bits per heavy atom. The maximum Gasteiger partial charge on any atom is 0.305 e. The number of hydrogen-bond donors (Lipinski definition) is 4. The van der Waals surface area contributed by atoms with E-state index in [2.05, 4.69) is 15.7 Å². The minimum atomic E-state index is -0.971. The molecule has 1 unspecified atom stereocenters. The van der Waals surface area contributed by atoms with Gasteiger partial charge in [0, 0.05) is 30.0 Å². The Hall–Kier alpha value is -4.66. The standard InChI is InChI=1S/C27H27N5O4/c28-29-16-19-7-4-8-21(13-19)31-26(35)20-9-10-23-24(14-20)30-22(15-25(33)34)17-32(27(23)36)12-11-18-5-2-1-3-6-18/h1-10,13-14,16,22,30H,11-12,15,17,28H2,(H,31,35)(H,33,34). The third kappa shape index (κ3) is 6.06. The van der Waals surface area contributed by atoms with Gasteiger partial charge in [-0.25, -0.2) is 0 Å². The van der Waals surface area contributed by atoms with Crippen LogP contribution < -0.4 is 16.5 Å². The largest absolute Gasteiger partial charge is 0.481 e.